The zero-order valence-electron chi connectivity index (χ0n) is 18.7. The number of aromatic nitrogens is 2. The molecule has 3 aromatic rings. The zero-order valence-corrected chi connectivity index (χ0v) is 18.7. The minimum atomic E-state index is -0.530. The summed E-state index contributed by atoms with van der Waals surface area (Å²) in [6.07, 6.45) is 3.25. The van der Waals surface area contributed by atoms with Gasteiger partial charge in [-0.1, -0.05) is 32.8 Å². The van der Waals surface area contributed by atoms with Crippen molar-refractivity contribution < 1.29 is 14.3 Å². The maximum absolute atomic E-state index is 13.1. The van der Waals surface area contributed by atoms with Crippen LogP contribution in [0.1, 0.15) is 49.0 Å². The van der Waals surface area contributed by atoms with Crippen LogP contribution in [0.5, 0.6) is 11.5 Å². The van der Waals surface area contributed by atoms with Crippen LogP contribution < -0.4 is 26.0 Å². The van der Waals surface area contributed by atoms with E-state index in [0.717, 1.165) is 23.0 Å². The number of benzene rings is 2. The lowest BCUT2D eigenvalue weighted by Gasteiger charge is -2.34. The van der Waals surface area contributed by atoms with Crippen molar-refractivity contribution >= 4 is 16.8 Å². The first-order chi connectivity index (χ1) is 15.9. The molecular formula is C25H27N3O5. The molecule has 1 saturated carbocycles. The Morgan fingerprint density at radius 3 is 2.76 bits per heavy atom. The van der Waals surface area contributed by atoms with E-state index in [9.17, 15) is 14.4 Å². The molecule has 0 unspecified atom stereocenters. The second-order valence-corrected chi connectivity index (χ2v) is 9.12. The summed E-state index contributed by atoms with van der Waals surface area (Å²) < 4.78 is 11.8. The molecule has 0 spiro atoms. The molecule has 33 heavy (non-hydrogen) atoms. The highest BCUT2D eigenvalue weighted by Crippen LogP contribution is 2.32. The van der Waals surface area contributed by atoms with Crippen molar-refractivity contribution in [1.82, 2.24) is 14.9 Å². The van der Waals surface area contributed by atoms with E-state index < -0.39 is 11.2 Å². The predicted molar refractivity (Wildman–Crippen MR) is 124 cm³/mol. The molecule has 1 amide bonds. The fourth-order valence-corrected chi connectivity index (χ4v) is 4.80. The summed E-state index contributed by atoms with van der Waals surface area (Å²) in [5.74, 6) is 2.02. The summed E-state index contributed by atoms with van der Waals surface area (Å²) >= 11 is 0. The fourth-order valence-electron chi connectivity index (χ4n) is 4.80. The highest BCUT2D eigenvalue weighted by atomic mass is 16.7. The van der Waals surface area contributed by atoms with E-state index in [1.165, 1.54) is 6.42 Å². The van der Waals surface area contributed by atoms with E-state index in [1.54, 1.807) is 36.4 Å². The number of amides is 1. The highest BCUT2D eigenvalue weighted by molar-refractivity contribution is 5.97. The van der Waals surface area contributed by atoms with Crippen molar-refractivity contribution in [3.63, 3.8) is 0 Å². The number of fused-ring (bicyclic) bond motifs is 2. The van der Waals surface area contributed by atoms with Crippen LogP contribution in [0.15, 0.2) is 46.0 Å². The lowest BCUT2D eigenvalue weighted by atomic mass is 9.78. The zero-order chi connectivity index (χ0) is 23.1. The minimum absolute atomic E-state index is 0.0980. The molecular weight excluding hydrogens is 422 g/mol. The van der Waals surface area contributed by atoms with Gasteiger partial charge in [0.15, 0.2) is 11.5 Å². The predicted octanol–water partition coefficient (Wildman–Crippen LogP) is 3.02. The third kappa shape index (κ3) is 4.01. The summed E-state index contributed by atoms with van der Waals surface area (Å²) in [5, 5.41) is 3.49. The van der Waals surface area contributed by atoms with Crippen LogP contribution in [0.25, 0.3) is 10.9 Å². The van der Waals surface area contributed by atoms with Gasteiger partial charge in [0.2, 0.25) is 6.79 Å². The number of rotatable bonds is 4. The van der Waals surface area contributed by atoms with Crippen LogP contribution in [-0.4, -0.2) is 28.3 Å². The number of hydrogen-bond acceptors (Lipinski definition) is 5. The van der Waals surface area contributed by atoms with E-state index in [2.05, 4.69) is 24.1 Å². The topological polar surface area (TPSA) is 102 Å². The molecule has 0 bridgehead atoms. The van der Waals surface area contributed by atoms with Gasteiger partial charge in [0.25, 0.3) is 11.5 Å². The van der Waals surface area contributed by atoms with E-state index in [-0.39, 0.29) is 25.3 Å². The van der Waals surface area contributed by atoms with Gasteiger partial charge in [-0.25, -0.2) is 4.79 Å². The molecule has 8 nitrogen and oxygen atoms in total. The molecule has 2 N–H and O–H groups in total. The lowest BCUT2D eigenvalue weighted by molar-refractivity contribution is 0.0891. The molecule has 2 aliphatic rings. The Hall–Kier alpha value is -3.55. The smallest absolute Gasteiger partial charge is 0.329 e. The summed E-state index contributed by atoms with van der Waals surface area (Å²) in [5.41, 5.74) is 0.588. The number of hydrogen-bond donors (Lipinski definition) is 2. The van der Waals surface area contributed by atoms with Gasteiger partial charge in [-0.2, -0.15) is 0 Å². The highest BCUT2D eigenvalue weighted by Gasteiger charge is 2.28. The minimum Gasteiger partial charge on any atom is -0.454 e. The molecule has 1 aliphatic heterocycles. The van der Waals surface area contributed by atoms with Crippen molar-refractivity contribution in [3.05, 3.63) is 68.4 Å². The average molecular weight is 450 g/mol. The van der Waals surface area contributed by atoms with Crippen molar-refractivity contribution in [2.75, 3.05) is 6.79 Å². The van der Waals surface area contributed by atoms with Crippen LogP contribution >= 0.6 is 0 Å². The molecule has 1 aliphatic carbocycles. The van der Waals surface area contributed by atoms with Gasteiger partial charge in [0.05, 0.1) is 17.4 Å². The van der Waals surface area contributed by atoms with Gasteiger partial charge in [-0.15, -0.1) is 0 Å². The van der Waals surface area contributed by atoms with Gasteiger partial charge >= 0.3 is 5.69 Å². The Morgan fingerprint density at radius 1 is 1.09 bits per heavy atom. The maximum Gasteiger partial charge on any atom is 0.329 e. The van der Waals surface area contributed by atoms with E-state index in [4.69, 9.17) is 9.47 Å². The van der Waals surface area contributed by atoms with Crippen LogP contribution in [-0.2, 0) is 6.54 Å². The fraction of sp³-hybridized carbons (Fsp3) is 0.400. The van der Waals surface area contributed by atoms with Crippen LogP contribution in [0, 0.1) is 11.8 Å². The van der Waals surface area contributed by atoms with Crippen molar-refractivity contribution in [2.24, 2.45) is 11.8 Å². The van der Waals surface area contributed by atoms with Gasteiger partial charge in [0, 0.05) is 11.6 Å². The number of ether oxygens (including phenoxy) is 2. The molecule has 8 heteroatoms. The Kier molecular flexibility index (Phi) is 5.44. The summed E-state index contributed by atoms with van der Waals surface area (Å²) in [7, 11) is 0. The van der Waals surface area contributed by atoms with Gasteiger partial charge in [0.1, 0.15) is 0 Å². The molecule has 0 radical (unpaired) electrons. The average Bonchev–Trinajstić information content (AvgIpc) is 3.27. The summed E-state index contributed by atoms with van der Waals surface area (Å²) in [4.78, 5) is 41.4. The van der Waals surface area contributed by atoms with Crippen molar-refractivity contribution in [3.8, 4) is 11.5 Å². The third-order valence-corrected chi connectivity index (χ3v) is 7.05. The van der Waals surface area contributed by atoms with E-state index in [0.29, 0.717) is 39.8 Å². The van der Waals surface area contributed by atoms with Crippen LogP contribution in [0.4, 0.5) is 0 Å². The largest absolute Gasteiger partial charge is 0.454 e. The number of nitrogens with zero attached hydrogens (tertiary/aromatic N) is 1. The standard InChI is InChI=1S/C25H27N3O5/c1-14-4-3-5-19(15(14)2)26-23(29)17-7-8-18-20(11-17)27-25(31)28(24(18)30)12-16-6-9-21-22(10-16)33-13-32-21/h6-11,14-15,19H,3-5,12-13H2,1-2H3,(H,26,29)(H,27,31)/t14-,15-,19+/m1/s1. The molecule has 3 atom stereocenters. The first kappa shape index (κ1) is 21.3. The SMILES string of the molecule is C[C@@H]1[C@H](C)CCC[C@@H]1NC(=O)c1ccc2c(=O)n(Cc3ccc4c(c3)OCO4)c(=O)[nH]c2c1. The Bertz CT molecular complexity index is 1340. The summed E-state index contributed by atoms with van der Waals surface area (Å²) in [6, 6.07) is 10.3. The Balaban J connectivity index is 1.41. The van der Waals surface area contributed by atoms with Crippen molar-refractivity contribution in [2.45, 2.75) is 45.7 Å². The van der Waals surface area contributed by atoms with Gasteiger partial charge in [-0.3, -0.25) is 14.2 Å². The van der Waals surface area contributed by atoms with Crippen LogP contribution in [0.3, 0.4) is 0 Å². The Labute approximate surface area is 190 Å². The number of aromatic amines is 1. The molecule has 2 aromatic carbocycles. The molecule has 2 heterocycles. The molecule has 1 aromatic heterocycles. The third-order valence-electron chi connectivity index (χ3n) is 7.05. The van der Waals surface area contributed by atoms with Crippen LogP contribution in [0.2, 0.25) is 0 Å². The quantitative estimate of drug-likeness (QED) is 0.638. The second-order valence-electron chi connectivity index (χ2n) is 9.12. The number of carbonyl (C=O) groups is 1. The molecule has 172 valence electrons. The number of H-pyrrole nitrogens is 1. The lowest BCUT2D eigenvalue weighted by Crippen LogP contribution is -2.43. The first-order valence-electron chi connectivity index (χ1n) is 11.4. The summed E-state index contributed by atoms with van der Waals surface area (Å²) in [6.45, 7) is 4.65. The number of carbonyl (C=O) groups excluding carboxylic acids is 1. The van der Waals surface area contributed by atoms with Gasteiger partial charge in [-0.05, 0) is 54.2 Å². The number of nitrogens with one attached hydrogen (secondary N) is 2. The second kappa shape index (κ2) is 8.42. The molecule has 0 saturated heterocycles. The maximum atomic E-state index is 13.1. The molecule has 5 rings (SSSR count). The molecule has 1 fully saturated rings. The monoisotopic (exact) mass is 449 g/mol. The first-order valence-corrected chi connectivity index (χ1v) is 11.4. The van der Waals surface area contributed by atoms with E-state index >= 15 is 0 Å². The Morgan fingerprint density at radius 2 is 1.91 bits per heavy atom. The van der Waals surface area contributed by atoms with Crippen molar-refractivity contribution in [1.29, 1.82) is 0 Å². The van der Waals surface area contributed by atoms with Gasteiger partial charge < -0.3 is 19.8 Å². The normalized spacial score (nSPS) is 21.8. The van der Waals surface area contributed by atoms with E-state index in [1.807, 2.05) is 0 Å².